The number of nitrogens with zero attached hydrogens (tertiary/aromatic N) is 1. The lowest BCUT2D eigenvalue weighted by Crippen LogP contribution is -2.46. The second-order valence-electron chi connectivity index (χ2n) is 4.69. The predicted molar refractivity (Wildman–Crippen MR) is 63.4 cm³/mol. The molecule has 0 rings (SSSR count). The van der Waals surface area contributed by atoms with Gasteiger partial charge in [-0.05, 0) is 27.7 Å². The van der Waals surface area contributed by atoms with Crippen molar-refractivity contribution in [3.63, 3.8) is 0 Å². The Hall–Kier alpha value is -1.67. The second-order valence-corrected chi connectivity index (χ2v) is 4.69. The van der Waals surface area contributed by atoms with Crippen molar-refractivity contribution in [1.82, 2.24) is 4.90 Å². The molecule has 0 aliphatic rings. The number of halogens is 5. The normalized spacial score (nSPS) is 13.3. The van der Waals surface area contributed by atoms with Gasteiger partial charge in [-0.25, -0.2) is 9.18 Å². The van der Waals surface area contributed by atoms with Crippen molar-refractivity contribution in [1.29, 1.82) is 0 Å². The molecule has 4 nitrogen and oxygen atoms in total. The van der Waals surface area contributed by atoms with E-state index in [0.29, 0.717) is 0 Å². The van der Waals surface area contributed by atoms with E-state index in [1.54, 1.807) is 27.7 Å². The summed E-state index contributed by atoms with van der Waals surface area (Å²) in [6, 6.07) is -0.755. The lowest BCUT2D eigenvalue weighted by molar-refractivity contribution is -0.162. The number of alkyl halides is 3. The highest BCUT2D eigenvalue weighted by Gasteiger charge is 2.38. The lowest BCUT2D eigenvalue weighted by atomic mass is 10.2. The molecule has 0 aromatic rings. The number of amides is 1. The standard InChI is InChI=1S/C12H16F5NO3/c1-6(2)18(7(3)4)10(19)11(20)21-5-8(13)9(14)12(15,16)17/h6-7H,5H2,1-4H3/b9-8+. The zero-order chi connectivity index (χ0) is 17.0. The fraction of sp³-hybridized carbons (Fsp3) is 0.667. The number of carbonyl (C=O) groups is 2. The van der Waals surface area contributed by atoms with Crippen LogP contribution in [0.25, 0.3) is 0 Å². The van der Waals surface area contributed by atoms with E-state index in [1.807, 2.05) is 0 Å². The zero-order valence-electron chi connectivity index (χ0n) is 11.9. The molecule has 0 aromatic carbocycles. The molecule has 1 amide bonds. The summed E-state index contributed by atoms with van der Waals surface area (Å²) in [4.78, 5) is 24.2. The molecule has 0 aromatic heterocycles. The first kappa shape index (κ1) is 19.3. The highest BCUT2D eigenvalue weighted by atomic mass is 19.4. The molecule has 0 saturated carbocycles. The minimum atomic E-state index is -5.51. The Morgan fingerprint density at radius 2 is 1.48 bits per heavy atom. The van der Waals surface area contributed by atoms with Crippen LogP contribution in [0.4, 0.5) is 22.0 Å². The highest BCUT2D eigenvalue weighted by Crippen LogP contribution is 2.29. The third-order valence-electron chi connectivity index (χ3n) is 2.34. The first-order valence-corrected chi connectivity index (χ1v) is 6.00. The Kier molecular flexibility index (Phi) is 6.78. The van der Waals surface area contributed by atoms with E-state index in [0.717, 1.165) is 4.90 Å². The number of allylic oxidation sites excluding steroid dienone is 1. The third kappa shape index (κ3) is 5.68. The molecule has 0 spiro atoms. The fourth-order valence-corrected chi connectivity index (χ4v) is 1.58. The molecule has 9 heteroatoms. The molecule has 122 valence electrons. The third-order valence-corrected chi connectivity index (χ3v) is 2.34. The van der Waals surface area contributed by atoms with Gasteiger partial charge >= 0.3 is 18.1 Å². The summed E-state index contributed by atoms with van der Waals surface area (Å²) in [5.74, 6) is -7.99. The van der Waals surface area contributed by atoms with E-state index >= 15 is 0 Å². The van der Waals surface area contributed by atoms with Gasteiger partial charge in [0.15, 0.2) is 5.83 Å². The topological polar surface area (TPSA) is 46.6 Å². The minimum absolute atomic E-state index is 0.377. The van der Waals surface area contributed by atoms with Crippen LogP contribution in [0.15, 0.2) is 11.7 Å². The highest BCUT2D eigenvalue weighted by molar-refractivity contribution is 6.32. The van der Waals surface area contributed by atoms with E-state index in [9.17, 15) is 31.5 Å². The van der Waals surface area contributed by atoms with Crippen LogP contribution in [0.1, 0.15) is 27.7 Å². The van der Waals surface area contributed by atoms with Crippen LogP contribution in [0, 0.1) is 0 Å². The molecular formula is C12H16F5NO3. The Bertz CT molecular complexity index is 421. The van der Waals surface area contributed by atoms with Gasteiger partial charge < -0.3 is 9.64 Å². The molecule has 0 bridgehead atoms. The summed E-state index contributed by atoms with van der Waals surface area (Å²) in [6.45, 7) is 4.83. The van der Waals surface area contributed by atoms with Crippen LogP contribution in [0.2, 0.25) is 0 Å². The van der Waals surface area contributed by atoms with Crippen molar-refractivity contribution in [2.75, 3.05) is 6.61 Å². The maximum atomic E-state index is 12.8. The SMILES string of the molecule is CC(C)N(C(=O)C(=O)OC/C(F)=C(\F)C(F)(F)F)C(C)C. The number of hydrogen-bond acceptors (Lipinski definition) is 3. The molecular weight excluding hydrogens is 301 g/mol. The summed E-state index contributed by atoms with van der Waals surface area (Å²) in [5, 5.41) is 0. The molecule has 0 aliphatic carbocycles. The Morgan fingerprint density at radius 3 is 1.81 bits per heavy atom. The average Bonchev–Trinajstić information content (AvgIpc) is 2.32. The van der Waals surface area contributed by atoms with E-state index < -0.39 is 36.3 Å². The Balaban J connectivity index is 4.82. The van der Waals surface area contributed by atoms with Gasteiger partial charge in [-0.2, -0.15) is 17.6 Å². The summed E-state index contributed by atoms with van der Waals surface area (Å²) < 4.78 is 64.8. The van der Waals surface area contributed by atoms with Crippen LogP contribution in [0.5, 0.6) is 0 Å². The second kappa shape index (κ2) is 7.37. The van der Waals surface area contributed by atoms with Crippen molar-refractivity contribution in [3.05, 3.63) is 11.7 Å². The molecule has 0 heterocycles. The maximum absolute atomic E-state index is 12.8. The number of hydrogen-bond donors (Lipinski definition) is 0. The molecule has 0 fully saturated rings. The van der Waals surface area contributed by atoms with Crippen LogP contribution in [-0.2, 0) is 14.3 Å². The first-order chi connectivity index (χ1) is 9.39. The zero-order valence-corrected chi connectivity index (χ0v) is 11.9. The fourth-order valence-electron chi connectivity index (χ4n) is 1.58. The van der Waals surface area contributed by atoms with Crippen molar-refractivity contribution in [2.24, 2.45) is 0 Å². The van der Waals surface area contributed by atoms with Crippen molar-refractivity contribution in [2.45, 2.75) is 46.0 Å². The van der Waals surface area contributed by atoms with Gasteiger partial charge in [0, 0.05) is 12.1 Å². The van der Waals surface area contributed by atoms with Gasteiger partial charge in [-0.15, -0.1) is 0 Å². The van der Waals surface area contributed by atoms with Gasteiger partial charge in [0.05, 0.1) is 0 Å². The molecule has 0 saturated heterocycles. The number of rotatable bonds is 4. The quantitative estimate of drug-likeness (QED) is 0.455. The van der Waals surface area contributed by atoms with Crippen LogP contribution in [0.3, 0.4) is 0 Å². The minimum Gasteiger partial charge on any atom is -0.451 e. The first-order valence-electron chi connectivity index (χ1n) is 6.00. The molecule has 0 N–H and O–H groups in total. The summed E-state index contributed by atoms with van der Waals surface area (Å²) in [5.41, 5.74) is 0. The Labute approximate surface area is 118 Å². The van der Waals surface area contributed by atoms with Crippen molar-refractivity contribution in [3.8, 4) is 0 Å². The van der Waals surface area contributed by atoms with Crippen LogP contribution in [-0.4, -0.2) is 41.6 Å². The van der Waals surface area contributed by atoms with E-state index in [4.69, 9.17) is 0 Å². The molecule has 0 radical (unpaired) electrons. The number of esters is 1. The largest absolute Gasteiger partial charge is 0.451 e. The Morgan fingerprint density at radius 1 is 1.05 bits per heavy atom. The smallest absolute Gasteiger partial charge is 0.445 e. The molecule has 0 aliphatic heterocycles. The van der Waals surface area contributed by atoms with Gasteiger partial charge in [0.2, 0.25) is 5.83 Å². The van der Waals surface area contributed by atoms with Gasteiger partial charge in [-0.1, -0.05) is 0 Å². The molecule has 21 heavy (non-hydrogen) atoms. The van der Waals surface area contributed by atoms with E-state index in [2.05, 4.69) is 4.74 Å². The average molecular weight is 317 g/mol. The lowest BCUT2D eigenvalue weighted by Gasteiger charge is -2.29. The van der Waals surface area contributed by atoms with Crippen LogP contribution >= 0.6 is 0 Å². The molecule has 0 atom stereocenters. The van der Waals surface area contributed by atoms with Crippen molar-refractivity contribution < 1.29 is 36.3 Å². The number of carbonyl (C=O) groups excluding carboxylic acids is 2. The monoisotopic (exact) mass is 317 g/mol. The van der Waals surface area contributed by atoms with E-state index in [-0.39, 0.29) is 12.1 Å². The van der Waals surface area contributed by atoms with Crippen molar-refractivity contribution >= 4 is 11.9 Å². The maximum Gasteiger partial charge on any atom is 0.445 e. The summed E-state index contributed by atoms with van der Waals surface area (Å²) in [6.07, 6.45) is -5.51. The predicted octanol–water partition coefficient (Wildman–Crippen LogP) is 2.89. The summed E-state index contributed by atoms with van der Waals surface area (Å²) in [7, 11) is 0. The van der Waals surface area contributed by atoms with Gasteiger partial charge in [-0.3, -0.25) is 4.79 Å². The number of ether oxygens (including phenoxy) is 1. The van der Waals surface area contributed by atoms with Crippen LogP contribution < -0.4 is 0 Å². The molecule has 0 unspecified atom stereocenters. The van der Waals surface area contributed by atoms with Gasteiger partial charge in [0.1, 0.15) is 6.61 Å². The van der Waals surface area contributed by atoms with E-state index in [1.165, 1.54) is 0 Å². The van der Waals surface area contributed by atoms with Gasteiger partial charge in [0.25, 0.3) is 0 Å². The summed E-state index contributed by atoms with van der Waals surface area (Å²) >= 11 is 0.